The SMILES string of the molecule is O=c1c2ccccc2nc2n1CCC/C2=N/Nc1ccc(Oc2ccccc2)cc1. The van der Waals surface area contributed by atoms with Crippen LogP contribution in [0.4, 0.5) is 5.69 Å². The van der Waals surface area contributed by atoms with Crippen molar-refractivity contribution in [2.24, 2.45) is 5.10 Å². The lowest BCUT2D eigenvalue weighted by molar-refractivity contribution is 0.483. The van der Waals surface area contributed by atoms with Crippen LogP contribution in [0.3, 0.4) is 0 Å². The van der Waals surface area contributed by atoms with Crippen molar-refractivity contribution in [2.75, 3.05) is 5.43 Å². The molecule has 5 rings (SSSR count). The van der Waals surface area contributed by atoms with Crippen molar-refractivity contribution in [3.05, 3.63) is 95.0 Å². The first-order valence-electron chi connectivity index (χ1n) is 9.93. The molecule has 1 N–H and O–H groups in total. The molecule has 2 heterocycles. The van der Waals surface area contributed by atoms with Crippen molar-refractivity contribution in [1.82, 2.24) is 9.55 Å². The summed E-state index contributed by atoms with van der Waals surface area (Å²) < 4.78 is 7.54. The monoisotopic (exact) mass is 396 g/mol. The van der Waals surface area contributed by atoms with Gasteiger partial charge in [-0.3, -0.25) is 14.8 Å². The number of anilines is 1. The fraction of sp³-hybridized carbons (Fsp3) is 0.125. The Labute approximate surface area is 173 Å². The molecule has 6 heteroatoms. The number of hydrazone groups is 1. The topological polar surface area (TPSA) is 68.5 Å². The van der Waals surface area contributed by atoms with Crippen LogP contribution in [0.15, 0.2) is 88.8 Å². The van der Waals surface area contributed by atoms with E-state index in [1.54, 1.807) is 4.57 Å². The molecular formula is C24H20N4O2. The van der Waals surface area contributed by atoms with Gasteiger partial charge in [-0.1, -0.05) is 30.3 Å². The number of hydrogen-bond donors (Lipinski definition) is 1. The number of para-hydroxylation sites is 2. The number of nitrogens with zero attached hydrogens (tertiary/aromatic N) is 3. The number of benzene rings is 3. The molecule has 0 saturated carbocycles. The van der Waals surface area contributed by atoms with Gasteiger partial charge in [-0.05, 0) is 61.4 Å². The number of rotatable bonds is 4. The minimum absolute atomic E-state index is 0.00888. The predicted octanol–water partition coefficient (Wildman–Crippen LogP) is 4.80. The van der Waals surface area contributed by atoms with E-state index < -0.39 is 0 Å². The van der Waals surface area contributed by atoms with Gasteiger partial charge in [-0.25, -0.2) is 4.98 Å². The molecule has 4 aromatic rings. The van der Waals surface area contributed by atoms with E-state index in [9.17, 15) is 4.79 Å². The van der Waals surface area contributed by atoms with Gasteiger partial charge < -0.3 is 4.74 Å². The highest BCUT2D eigenvalue weighted by Crippen LogP contribution is 2.23. The number of aromatic nitrogens is 2. The lowest BCUT2D eigenvalue weighted by atomic mass is 10.1. The summed E-state index contributed by atoms with van der Waals surface area (Å²) in [5.74, 6) is 2.18. The van der Waals surface area contributed by atoms with E-state index in [0.717, 1.165) is 35.7 Å². The molecule has 1 aliphatic rings. The maximum atomic E-state index is 12.8. The molecule has 0 amide bonds. The van der Waals surface area contributed by atoms with Gasteiger partial charge in [0.25, 0.3) is 5.56 Å². The molecule has 1 aliphatic heterocycles. The fourth-order valence-corrected chi connectivity index (χ4v) is 3.57. The van der Waals surface area contributed by atoms with Gasteiger partial charge in [0, 0.05) is 6.54 Å². The third-order valence-corrected chi connectivity index (χ3v) is 5.07. The summed E-state index contributed by atoms with van der Waals surface area (Å²) in [5, 5.41) is 5.20. The second-order valence-electron chi connectivity index (χ2n) is 7.12. The van der Waals surface area contributed by atoms with Crippen molar-refractivity contribution in [3.8, 4) is 11.5 Å². The standard InChI is InChI=1S/C24H20N4O2/c29-24-20-9-4-5-10-21(20)25-23-22(11-6-16-28(23)24)27-26-17-12-14-19(15-13-17)30-18-7-2-1-3-8-18/h1-5,7-10,12-15,26H,6,11,16H2/b27-22-. The maximum Gasteiger partial charge on any atom is 0.261 e. The van der Waals surface area contributed by atoms with E-state index in [4.69, 9.17) is 9.72 Å². The zero-order valence-corrected chi connectivity index (χ0v) is 16.3. The van der Waals surface area contributed by atoms with Crippen molar-refractivity contribution in [1.29, 1.82) is 0 Å². The highest BCUT2D eigenvalue weighted by atomic mass is 16.5. The minimum atomic E-state index is -0.00888. The van der Waals surface area contributed by atoms with Gasteiger partial charge in [0.2, 0.25) is 0 Å². The summed E-state index contributed by atoms with van der Waals surface area (Å²) in [6.45, 7) is 0.663. The third kappa shape index (κ3) is 3.55. The van der Waals surface area contributed by atoms with Crippen LogP contribution in [0.25, 0.3) is 10.9 Å². The van der Waals surface area contributed by atoms with Gasteiger partial charge in [0.15, 0.2) is 5.82 Å². The molecule has 0 fully saturated rings. The Kier molecular flexibility index (Phi) is 4.73. The van der Waals surface area contributed by atoms with Crippen LogP contribution < -0.4 is 15.7 Å². The Morgan fingerprint density at radius 1 is 0.900 bits per heavy atom. The zero-order chi connectivity index (χ0) is 20.3. The number of fused-ring (bicyclic) bond motifs is 2. The summed E-state index contributed by atoms with van der Waals surface area (Å²) >= 11 is 0. The quantitative estimate of drug-likeness (QED) is 0.503. The molecular weight excluding hydrogens is 376 g/mol. The lowest BCUT2D eigenvalue weighted by Crippen LogP contribution is -2.32. The summed E-state index contributed by atoms with van der Waals surface area (Å²) in [5.41, 5.74) is 5.40. The molecule has 0 unspecified atom stereocenters. The number of hydrogen-bond acceptors (Lipinski definition) is 5. The van der Waals surface area contributed by atoms with Gasteiger partial charge >= 0.3 is 0 Å². The molecule has 1 aromatic heterocycles. The largest absolute Gasteiger partial charge is 0.457 e. The Morgan fingerprint density at radius 3 is 2.47 bits per heavy atom. The summed E-state index contributed by atoms with van der Waals surface area (Å²) in [6, 6.07) is 24.7. The zero-order valence-electron chi connectivity index (χ0n) is 16.3. The molecule has 0 bridgehead atoms. The van der Waals surface area contributed by atoms with Crippen LogP contribution >= 0.6 is 0 Å². The molecule has 6 nitrogen and oxygen atoms in total. The van der Waals surface area contributed by atoms with Crippen LogP contribution in [-0.2, 0) is 6.54 Å². The minimum Gasteiger partial charge on any atom is -0.457 e. The van der Waals surface area contributed by atoms with Crippen molar-refractivity contribution in [3.63, 3.8) is 0 Å². The molecule has 0 spiro atoms. The fourth-order valence-electron chi connectivity index (χ4n) is 3.57. The summed E-state index contributed by atoms with van der Waals surface area (Å²) in [7, 11) is 0. The molecule has 0 radical (unpaired) electrons. The van der Waals surface area contributed by atoms with Crippen LogP contribution in [0.2, 0.25) is 0 Å². The van der Waals surface area contributed by atoms with Crippen LogP contribution in [0, 0.1) is 0 Å². The van der Waals surface area contributed by atoms with Gasteiger partial charge in [-0.2, -0.15) is 5.10 Å². The van der Waals surface area contributed by atoms with E-state index in [1.165, 1.54) is 0 Å². The van der Waals surface area contributed by atoms with Gasteiger partial charge in [-0.15, -0.1) is 0 Å². The second kappa shape index (κ2) is 7.83. The molecule has 3 aromatic carbocycles. The van der Waals surface area contributed by atoms with Gasteiger partial charge in [0.05, 0.1) is 16.6 Å². The number of ether oxygens (including phenoxy) is 1. The van der Waals surface area contributed by atoms with Crippen LogP contribution in [-0.4, -0.2) is 15.3 Å². The normalized spacial score (nSPS) is 14.5. The van der Waals surface area contributed by atoms with E-state index in [0.29, 0.717) is 23.3 Å². The van der Waals surface area contributed by atoms with Gasteiger partial charge in [0.1, 0.15) is 17.2 Å². The first-order chi connectivity index (χ1) is 14.8. The molecule has 148 valence electrons. The Morgan fingerprint density at radius 2 is 1.63 bits per heavy atom. The average Bonchev–Trinajstić information content (AvgIpc) is 2.80. The first-order valence-corrected chi connectivity index (χ1v) is 9.93. The Hall–Kier alpha value is -3.93. The van der Waals surface area contributed by atoms with Crippen molar-refractivity contribution >= 4 is 22.3 Å². The van der Waals surface area contributed by atoms with E-state index in [-0.39, 0.29) is 5.56 Å². The highest BCUT2D eigenvalue weighted by molar-refractivity contribution is 5.99. The number of nitrogens with one attached hydrogen (secondary N) is 1. The Bertz CT molecular complexity index is 1280. The maximum absolute atomic E-state index is 12.8. The van der Waals surface area contributed by atoms with E-state index >= 15 is 0 Å². The third-order valence-electron chi connectivity index (χ3n) is 5.07. The van der Waals surface area contributed by atoms with Crippen molar-refractivity contribution < 1.29 is 4.74 Å². The predicted molar refractivity (Wildman–Crippen MR) is 118 cm³/mol. The van der Waals surface area contributed by atoms with E-state index in [2.05, 4.69) is 10.5 Å². The highest BCUT2D eigenvalue weighted by Gasteiger charge is 2.20. The molecule has 0 aliphatic carbocycles. The smallest absolute Gasteiger partial charge is 0.261 e. The first kappa shape index (κ1) is 18.1. The summed E-state index contributed by atoms with van der Waals surface area (Å²) in [4.78, 5) is 17.5. The average molecular weight is 396 g/mol. The van der Waals surface area contributed by atoms with Crippen molar-refractivity contribution in [2.45, 2.75) is 19.4 Å². The summed E-state index contributed by atoms with van der Waals surface area (Å²) in [6.07, 6.45) is 1.63. The Balaban J connectivity index is 1.38. The van der Waals surface area contributed by atoms with Crippen LogP contribution in [0.1, 0.15) is 18.7 Å². The molecule has 0 atom stereocenters. The lowest BCUT2D eigenvalue weighted by Gasteiger charge is -2.19. The molecule has 0 saturated heterocycles. The van der Waals surface area contributed by atoms with E-state index in [1.807, 2.05) is 78.9 Å². The molecule has 30 heavy (non-hydrogen) atoms. The van der Waals surface area contributed by atoms with Crippen LogP contribution in [0.5, 0.6) is 11.5 Å². The second-order valence-corrected chi connectivity index (χ2v) is 7.12.